The van der Waals surface area contributed by atoms with E-state index in [1.54, 1.807) is 0 Å². The van der Waals surface area contributed by atoms with Crippen molar-refractivity contribution < 1.29 is 14.3 Å². The molecule has 0 aromatic heterocycles. The van der Waals surface area contributed by atoms with Gasteiger partial charge >= 0.3 is 0 Å². The SMILES string of the molecule is CCOc1ccc(C2(C)CC(=O)C=CO2)cc1. The zero-order valence-corrected chi connectivity index (χ0v) is 10.1. The van der Waals surface area contributed by atoms with E-state index in [1.807, 2.05) is 38.1 Å². The van der Waals surface area contributed by atoms with Crippen LogP contribution in [0.1, 0.15) is 25.8 Å². The Morgan fingerprint density at radius 1 is 1.35 bits per heavy atom. The van der Waals surface area contributed by atoms with Gasteiger partial charge in [0.05, 0.1) is 19.3 Å². The van der Waals surface area contributed by atoms with E-state index in [9.17, 15) is 4.79 Å². The second-order valence-corrected chi connectivity index (χ2v) is 4.25. The first-order valence-corrected chi connectivity index (χ1v) is 5.74. The number of hydrogen-bond donors (Lipinski definition) is 0. The summed E-state index contributed by atoms with van der Waals surface area (Å²) in [4.78, 5) is 11.4. The molecule has 1 aromatic rings. The van der Waals surface area contributed by atoms with Crippen LogP contribution in [0.5, 0.6) is 5.75 Å². The minimum atomic E-state index is -0.559. The molecular formula is C14H16O3. The topological polar surface area (TPSA) is 35.5 Å². The molecule has 1 atom stereocenters. The van der Waals surface area contributed by atoms with E-state index in [2.05, 4.69) is 0 Å². The summed E-state index contributed by atoms with van der Waals surface area (Å²) in [6.07, 6.45) is 3.32. The van der Waals surface area contributed by atoms with Gasteiger partial charge in [0.15, 0.2) is 5.78 Å². The van der Waals surface area contributed by atoms with Gasteiger partial charge in [-0.2, -0.15) is 0 Å². The lowest BCUT2D eigenvalue weighted by Gasteiger charge is -2.31. The van der Waals surface area contributed by atoms with E-state index in [4.69, 9.17) is 9.47 Å². The van der Waals surface area contributed by atoms with Crippen molar-refractivity contribution in [3.05, 3.63) is 42.2 Å². The van der Waals surface area contributed by atoms with Crippen LogP contribution in [0.2, 0.25) is 0 Å². The van der Waals surface area contributed by atoms with Crippen LogP contribution in [-0.2, 0) is 15.1 Å². The lowest BCUT2D eigenvalue weighted by molar-refractivity contribution is -0.122. The van der Waals surface area contributed by atoms with E-state index in [1.165, 1.54) is 12.3 Å². The number of ether oxygens (including phenoxy) is 2. The number of rotatable bonds is 3. The van der Waals surface area contributed by atoms with Gasteiger partial charge in [0.2, 0.25) is 0 Å². The van der Waals surface area contributed by atoms with Gasteiger partial charge in [0.1, 0.15) is 11.4 Å². The Balaban J connectivity index is 2.21. The standard InChI is InChI=1S/C14H16O3/c1-3-16-13-6-4-11(5-7-13)14(2)10-12(15)8-9-17-14/h4-9H,3,10H2,1-2H3. The van der Waals surface area contributed by atoms with Crippen LogP contribution >= 0.6 is 0 Å². The van der Waals surface area contributed by atoms with E-state index in [0.29, 0.717) is 13.0 Å². The molecule has 0 radical (unpaired) electrons. The average Bonchev–Trinajstić information content (AvgIpc) is 2.30. The third kappa shape index (κ3) is 2.49. The Hall–Kier alpha value is -1.77. The molecule has 3 heteroatoms. The molecular weight excluding hydrogens is 216 g/mol. The number of allylic oxidation sites excluding steroid dienone is 1. The van der Waals surface area contributed by atoms with Crippen LogP contribution in [-0.4, -0.2) is 12.4 Å². The maximum absolute atomic E-state index is 11.4. The van der Waals surface area contributed by atoms with Gasteiger partial charge in [0.25, 0.3) is 0 Å². The first kappa shape index (κ1) is 11.7. The van der Waals surface area contributed by atoms with Crippen molar-refractivity contribution in [1.82, 2.24) is 0 Å². The van der Waals surface area contributed by atoms with Crippen LogP contribution in [0.4, 0.5) is 0 Å². The predicted octanol–water partition coefficient (Wildman–Crippen LogP) is 2.80. The van der Waals surface area contributed by atoms with Crippen molar-refractivity contribution in [3.63, 3.8) is 0 Å². The molecule has 0 spiro atoms. The molecule has 1 aliphatic rings. The molecule has 3 nitrogen and oxygen atoms in total. The summed E-state index contributed by atoms with van der Waals surface area (Å²) in [5.41, 5.74) is 0.426. The van der Waals surface area contributed by atoms with E-state index in [0.717, 1.165) is 11.3 Å². The molecule has 1 aromatic carbocycles. The lowest BCUT2D eigenvalue weighted by atomic mass is 9.89. The summed E-state index contributed by atoms with van der Waals surface area (Å²) >= 11 is 0. The third-order valence-electron chi connectivity index (χ3n) is 2.87. The molecule has 1 heterocycles. The zero-order valence-electron chi connectivity index (χ0n) is 10.1. The van der Waals surface area contributed by atoms with Gasteiger partial charge in [0, 0.05) is 6.08 Å². The van der Waals surface area contributed by atoms with Crippen LogP contribution < -0.4 is 4.74 Å². The Morgan fingerprint density at radius 2 is 2.06 bits per heavy atom. The summed E-state index contributed by atoms with van der Waals surface area (Å²) in [7, 11) is 0. The fraction of sp³-hybridized carbons (Fsp3) is 0.357. The van der Waals surface area contributed by atoms with Gasteiger partial charge < -0.3 is 9.47 Å². The molecule has 0 bridgehead atoms. The zero-order chi connectivity index (χ0) is 12.3. The quantitative estimate of drug-likeness (QED) is 0.803. The Kier molecular flexibility index (Phi) is 3.18. The highest BCUT2D eigenvalue weighted by Gasteiger charge is 2.32. The van der Waals surface area contributed by atoms with Crippen molar-refractivity contribution in [2.24, 2.45) is 0 Å². The average molecular weight is 232 g/mol. The highest BCUT2D eigenvalue weighted by atomic mass is 16.5. The Labute approximate surface area is 101 Å². The maximum Gasteiger partial charge on any atom is 0.163 e. The molecule has 1 aliphatic heterocycles. The lowest BCUT2D eigenvalue weighted by Crippen LogP contribution is -2.29. The third-order valence-corrected chi connectivity index (χ3v) is 2.87. The number of carbonyl (C=O) groups is 1. The smallest absolute Gasteiger partial charge is 0.163 e. The summed E-state index contributed by atoms with van der Waals surface area (Å²) < 4.78 is 11.0. The summed E-state index contributed by atoms with van der Waals surface area (Å²) in [5.74, 6) is 0.921. The van der Waals surface area contributed by atoms with Crippen molar-refractivity contribution >= 4 is 5.78 Å². The number of benzene rings is 1. The highest BCUT2D eigenvalue weighted by Crippen LogP contribution is 2.33. The molecule has 2 rings (SSSR count). The van der Waals surface area contributed by atoms with E-state index in [-0.39, 0.29) is 5.78 Å². The second kappa shape index (κ2) is 4.62. The van der Waals surface area contributed by atoms with Gasteiger partial charge in [-0.15, -0.1) is 0 Å². The predicted molar refractivity (Wildman–Crippen MR) is 64.8 cm³/mol. The van der Waals surface area contributed by atoms with Gasteiger partial charge in [-0.3, -0.25) is 4.79 Å². The van der Waals surface area contributed by atoms with Gasteiger partial charge in [-0.05, 0) is 31.5 Å². The number of ketones is 1. The molecule has 1 unspecified atom stereocenters. The first-order valence-electron chi connectivity index (χ1n) is 5.74. The molecule has 90 valence electrons. The van der Waals surface area contributed by atoms with Crippen molar-refractivity contribution in [2.45, 2.75) is 25.9 Å². The molecule has 0 amide bonds. The van der Waals surface area contributed by atoms with Crippen molar-refractivity contribution in [1.29, 1.82) is 0 Å². The summed E-state index contributed by atoms with van der Waals surface area (Å²) in [5, 5.41) is 0. The maximum atomic E-state index is 11.4. The van der Waals surface area contributed by atoms with Crippen LogP contribution in [0, 0.1) is 0 Å². The largest absolute Gasteiger partial charge is 0.494 e. The molecule has 0 aliphatic carbocycles. The fourth-order valence-electron chi connectivity index (χ4n) is 1.93. The monoisotopic (exact) mass is 232 g/mol. The van der Waals surface area contributed by atoms with Crippen molar-refractivity contribution in [3.8, 4) is 5.75 Å². The number of hydrogen-bond acceptors (Lipinski definition) is 3. The molecule has 0 N–H and O–H groups in total. The fourth-order valence-corrected chi connectivity index (χ4v) is 1.93. The van der Waals surface area contributed by atoms with Crippen LogP contribution in [0.3, 0.4) is 0 Å². The second-order valence-electron chi connectivity index (χ2n) is 4.25. The molecule has 0 fully saturated rings. The summed E-state index contributed by atoms with van der Waals surface area (Å²) in [6.45, 7) is 4.52. The Morgan fingerprint density at radius 3 is 2.65 bits per heavy atom. The summed E-state index contributed by atoms with van der Waals surface area (Å²) in [6, 6.07) is 7.68. The minimum absolute atomic E-state index is 0.0904. The highest BCUT2D eigenvalue weighted by molar-refractivity contribution is 5.91. The molecule has 0 saturated heterocycles. The van der Waals surface area contributed by atoms with E-state index < -0.39 is 5.60 Å². The number of carbonyl (C=O) groups excluding carboxylic acids is 1. The Bertz CT molecular complexity index is 433. The molecule has 17 heavy (non-hydrogen) atoms. The van der Waals surface area contributed by atoms with Crippen LogP contribution in [0.15, 0.2) is 36.6 Å². The molecule has 0 saturated carbocycles. The van der Waals surface area contributed by atoms with Crippen molar-refractivity contribution in [2.75, 3.05) is 6.61 Å². The first-order chi connectivity index (χ1) is 8.14. The minimum Gasteiger partial charge on any atom is -0.494 e. The van der Waals surface area contributed by atoms with E-state index >= 15 is 0 Å². The van der Waals surface area contributed by atoms with Gasteiger partial charge in [-0.25, -0.2) is 0 Å². The van der Waals surface area contributed by atoms with Gasteiger partial charge in [-0.1, -0.05) is 12.1 Å². The van der Waals surface area contributed by atoms with Crippen LogP contribution in [0.25, 0.3) is 0 Å². The normalized spacial score (nSPS) is 23.3.